The summed E-state index contributed by atoms with van der Waals surface area (Å²) in [5.41, 5.74) is 2.91. The van der Waals surface area contributed by atoms with Gasteiger partial charge in [0.05, 0.1) is 6.04 Å². The van der Waals surface area contributed by atoms with Gasteiger partial charge in [-0.25, -0.2) is 8.78 Å². The zero-order valence-corrected chi connectivity index (χ0v) is 20.2. The Morgan fingerprint density at radius 3 is 2.65 bits per heavy atom. The molecule has 0 fully saturated rings. The van der Waals surface area contributed by atoms with Crippen molar-refractivity contribution in [1.82, 2.24) is 15.5 Å². The van der Waals surface area contributed by atoms with E-state index < -0.39 is 11.6 Å². The number of hydrogen-bond donors (Lipinski definition) is 2. The van der Waals surface area contributed by atoms with Gasteiger partial charge in [0.1, 0.15) is 11.6 Å². The Labute approximate surface area is 199 Å². The Kier molecular flexibility index (Phi) is 9.67. The summed E-state index contributed by atoms with van der Waals surface area (Å²) < 4.78 is 27.0. The molecule has 0 spiro atoms. The molecule has 8 heteroatoms. The first kappa shape index (κ1) is 25.0. The van der Waals surface area contributed by atoms with Crippen LogP contribution in [0.4, 0.5) is 8.78 Å². The number of carbonyl (C=O) groups is 1. The van der Waals surface area contributed by atoms with Crippen molar-refractivity contribution in [1.29, 1.82) is 0 Å². The zero-order valence-electron chi connectivity index (χ0n) is 17.8. The molecular formula is C23H29F2IN4O. The van der Waals surface area contributed by atoms with Crippen LogP contribution in [0.25, 0.3) is 0 Å². The van der Waals surface area contributed by atoms with Crippen molar-refractivity contribution in [2.75, 3.05) is 20.1 Å². The molecule has 2 aromatic rings. The number of nitrogens with zero attached hydrogens (tertiary/aromatic N) is 2. The number of guanidine groups is 1. The maximum atomic E-state index is 13.9. The van der Waals surface area contributed by atoms with Crippen LogP contribution in [0.2, 0.25) is 0 Å². The van der Waals surface area contributed by atoms with Crippen molar-refractivity contribution in [2.24, 2.45) is 4.99 Å². The predicted octanol–water partition coefficient (Wildman–Crippen LogP) is 4.17. The highest BCUT2D eigenvalue weighted by molar-refractivity contribution is 14.0. The molecule has 1 aliphatic heterocycles. The molecular weight excluding hydrogens is 513 g/mol. The number of fused-ring (bicyclic) bond motifs is 1. The summed E-state index contributed by atoms with van der Waals surface area (Å²) in [7, 11) is 1.62. The van der Waals surface area contributed by atoms with Crippen LogP contribution in [0.1, 0.15) is 42.5 Å². The molecule has 0 saturated heterocycles. The van der Waals surface area contributed by atoms with Crippen molar-refractivity contribution < 1.29 is 13.6 Å². The highest BCUT2D eigenvalue weighted by Crippen LogP contribution is 2.19. The molecule has 3 rings (SSSR count). The van der Waals surface area contributed by atoms with Gasteiger partial charge in [0.15, 0.2) is 5.96 Å². The number of carbonyl (C=O) groups excluding carboxylic acids is 1. The summed E-state index contributed by atoms with van der Waals surface area (Å²) in [6.07, 6.45) is 2.01. The lowest BCUT2D eigenvalue weighted by Crippen LogP contribution is -2.40. The van der Waals surface area contributed by atoms with Gasteiger partial charge in [-0.2, -0.15) is 0 Å². The van der Waals surface area contributed by atoms with E-state index in [1.54, 1.807) is 14.0 Å². The van der Waals surface area contributed by atoms with Crippen LogP contribution in [-0.4, -0.2) is 36.9 Å². The monoisotopic (exact) mass is 542 g/mol. The van der Waals surface area contributed by atoms with Crippen molar-refractivity contribution in [3.63, 3.8) is 0 Å². The Bertz CT molecular complexity index is 922. The van der Waals surface area contributed by atoms with Gasteiger partial charge in [0.25, 0.3) is 0 Å². The maximum absolute atomic E-state index is 13.9. The SMILES string of the molecule is CN=C(NCCCC(=O)N1CCc2ccccc2C1)NC(C)c1ccc(F)cc1F.I. The number of hydrogen-bond acceptors (Lipinski definition) is 2. The van der Waals surface area contributed by atoms with Gasteiger partial charge < -0.3 is 15.5 Å². The second kappa shape index (κ2) is 12.0. The first-order valence-corrected chi connectivity index (χ1v) is 10.2. The largest absolute Gasteiger partial charge is 0.356 e. The molecule has 0 aromatic heterocycles. The maximum Gasteiger partial charge on any atom is 0.222 e. The number of rotatable bonds is 6. The van der Waals surface area contributed by atoms with Gasteiger partial charge >= 0.3 is 0 Å². The first-order chi connectivity index (χ1) is 14.5. The fourth-order valence-corrected chi connectivity index (χ4v) is 3.64. The summed E-state index contributed by atoms with van der Waals surface area (Å²) >= 11 is 0. The Morgan fingerprint density at radius 2 is 1.94 bits per heavy atom. The lowest BCUT2D eigenvalue weighted by Gasteiger charge is -2.29. The van der Waals surface area contributed by atoms with Crippen LogP contribution in [0.3, 0.4) is 0 Å². The van der Waals surface area contributed by atoms with E-state index in [1.807, 2.05) is 17.0 Å². The standard InChI is InChI=1S/C23H28F2N4O.HI/c1-16(20-10-9-19(24)14-21(20)25)28-23(26-2)27-12-5-8-22(30)29-13-11-17-6-3-4-7-18(17)15-29;/h3-4,6-7,9-10,14,16H,5,8,11-13,15H2,1-2H3,(H2,26,27,28);1H. The average molecular weight is 542 g/mol. The predicted molar refractivity (Wildman–Crippen MR) is 129 cm³/mol. The topological polar surface area (TPSA) is 56.7 Å². The fraction of sp³-hybridized carbons (Fsp3) is 0.391. The van der Waals surface area contributed by atoms with E-state index in [2.05, 4.69) is 27.8 Å². The molecule has 31 heavy (non-hydrogen) atoms. The fourth-order valence-electron chi connectivity index (χ4n) is 3.64. The molecule has 1 atom stereocenters. The zero-order chi connectivity index (χ0) is 21.5. The van der Waals surface area contributed by atoms with Crippen LogP contribution >= 0.6 is 24.0 Å². The second-order valence-electron chi connectivity index (χ2n) is 7.47. The van der Waals surface area contributed by atoms with Gasteiger partial charge in [0, 0.05) is 44.7 Å². The van der Waals surface area contributed by atoms with Crippen molar-refractivity contribution in [3.8, 4) is 0 Å². The van der Waals surface area contributed by atoms with Crippen molar-refractivity contribution in [2.45, 2.75) is 38.8 Å². The van der Waals surface area contributed by atoms with Gasteiger partial charge in [-0.3, -0.25) is 9.79 Å². The Hall–Kier alpha value is -2.23. The van der Waals surface area contributed by atoms with E-state index in [1.165, 1.54) is 23.3 Å². The van der Waals surface area contributed by atoms with Gasteiger partial charge in [-0.15, -0.1) is 24.0 Å². The first-order valence-electron chi connectivity index (χ1n) is 10.2. The summed E-state index contributed by atoms with van der Waals surface area (Å²) in [5.74, 6) is -0.548. The van der Waals surface area contributed by atoms with Crippen molar-refractivity contribution in [3.05, 3.63) is 70.8 Å². The number of benzene rings is 2. The molecule has 1 unspecified atom stereocenters. The summed E-state index contributed by atoms with van der Waals surface area (Å²) in [6.45, 7) is 3.77. The molecule has 0 aliphatic carbocycles. The minimum atomic E-state index is -0.604. The molecule has 1 aliphatic rings. The van der Waals surface area contributed by atoms with Gasteiger partial charge in [-0.05, 0) is 37.0 Å². The van der Waals surface area contributed by atoms with Crippen LogP contribution in [-0.2, 0) is 17.8 Å². The van der Waals surface area contributed by atoms with Crippen molar-refractivity contribution >= 4 is 35.8 Å². The van der Waals surface area contributed by atoms with E-state index in [0.717, 1.165) is 19.0 Å². The van der Waals surface area contributed by atoms with Gasteiger partial charge in [-0.1, -0.05) is 30.3 Å². The molecule has 0 saturated carbocycles. The van der Waals surface area contributed by atoms with Crippen LogP contribution < -0.4 is 10.6 Å². The van der Waals surface area contributed by atoms with E-state index in [9.17, 15) is 13.6 Å². The normalized spacial score (nSPS) is 14.3. The number of halogens is 3. The third kappa shape index (κ3) is 6.88. The summed E-state index contributed by atoms with van der Waals surface area (Å²) in [5, 5.41) is 6.23. The Balaban J connectivity index is 0.00000341. The average Bonchev–Trinajstić information content (AvgIpc) is 2.75. The number of aliphatic imine (C=N–C) groups is 1. The molecule has 2 N–H and O–H groups in total. The summed E-state index contributed by atoms with van der Waals surface area (Å²) in [4.78, 5) is 18.6. The highest BCUT2D eigenvalue weighted by atomic mass is 127. The van der Waals surface area contributed by atoms with Crippen LogP contribution in [0.5, 0.6) is 0 Å². The van der Waals surface area contributed by atoms with Crippen LogP contribution in [0, 0.1) is 11.6 Å². The number of amides is 1. The quantitative estimate of drug-likeness (QED) is 0.250. The molecule has 0 bridgehead atoms. The van der Waals surface area contributed by atoms with E-state index in [-0.39, 0.29) is 35.9 Å². The van der Waals surface area contributed by atoms with E-state index >= 15 is 0 Å². The van der Waals surface area contributed by atoms with E-state index in [0.29, 0.717) is 37.5 Å². The Morgan fingerprint density at radius 1 is 1.19 bits per heavy atom. The molecule has 1 amide bonds. The third-order valence-electron chi connectivity index (χ3n) is 5.35. The molecule has 5 nitrogen and oxygen atoms in total. The minimum absolute atomic E-state index is 0. The number of nitrogens with one attached hydrogen (secondary N) is 2. The second-order valence-corrected chi connectivity index (χ2v) is 7.47. The molecule has 2 aromatic carbocycles. The van der Waals surface area contributed by atoms with Gasteiger partial charge in [0.2, 0.25) is 5.91 Å². The van der Waals surface area contributed by atoms with Crippen LogP contribution in [0.15, 0.2) is 47.5 Å². The summed E-state index contributed by atoms with van der Waals surface area (Å²) in [6, 6.07) is 11.4. The molecule has 0 radical (unpaired) electrons. The molecule has 1 heterocycles. The molecule has 168 valence electrons. The minimum Gasteiger partial charge on any atom is -0.356 e. The lowest BCUT2D eigenvalue weighted by atomic mass is 9.99. The lowest BCUT2D eigenvalue weighted by molar-refractivity contribution is -0.132. The van der Waals surface area contributed by atoms with E-state index in [4.69, 9.17) is 0 Å². The third-order valence-corrected chi connectivity index (χ3v) is 5.35. The highest BCUT2D eigenvalue weighted by Gasteiger charge is 2.20. The smallest absolute Gasteiger partial charge is 0.222 e.